The maximum Gasteiger partial charge on any atom is -0.172 e. The maximum absolute atomic E-state index is 3.63. The quantitative estimate of drug-likeness (QED) is 0.247. The van der Waals surface area contributed by atoms with Crippen LogP contribution in [0.4, 0.5) is 0 Å². The molecule has 5 aromatic rings. The van der Waals surface area contributed by atoms with Gasteiger partial charge in [0, 0.05) is 5.41 Å². The number of fused-ring (bicyclic) bond motifs is 3. The zero-order valence-corrected chi connectivity index (χ0v) is 29.6. The van der Waals surface area contributed by atoms with Crippen molar-refractivity contribution < 1.29 is 49.0 Å². The van der Waals surface area contributed by atoms with Gasteiger partial charge in [-0.1, -0.05) is 118 Å². The molecule has 0 unspecified atom stereocenters. The SMILES string of the molecule is CC(C)(c1ccccc1)c1c[c-]c2c(c1)-c1cc(C(C)(C)c3ccccc3)ccc1C2.[Cl-].[Cl-].[Zr+2]=[C]1CCC1.c1cc[cH-]c1. The van der Waals surface area contributed by atoms with Gasteiger partial charge < -0.3 is 24.8 Å². The van der Waals surface area contributed by atoms with Crippen LogP contribution in [-0.2, 0) is 41.5 Å². The summed E-state index contributed by atoms with van der Waals surface area (Å²) in [5.41, 5.74) is 10.7. The summed E-state index contributed by atoms with van der Waals surface area (Å²) in [7, 11) is 0. The van der Waals surface area contributed by atoms with Crippen LogP contribution in [0.15, 0.2) is 121 Å². The average Bonchev–Trinajstić information content (AvgIpc) is 3.69. The monoisotopic (exact) mass is 680 g/mol. The van der Waals surface area contributed by atoms with Gasteiger partial charge in [-0.15, -0.1) is 11.1 Å². The molecule has 0 spiro atoms. The minimum Gasteiger partial charge on any atom is -0.214 e. The minimum atomic E-state index is -0.0591. The fraction of sp³-hybridized carbons (Fsp3) is 0.250. The Morgan fingerprint density at radius 1 is 0.628 bits per heavy atom. The maximum atomic E-state index is 3.63. The molecule has 5 aromatic carbocycles. The van der Waals surface area contributed by atoms with Crippen molar-refractivity contribution in [3.63, 3.8) is 0 Å². The third-order valence-electron chi connectivity index (χ3n) is 8.74. The molecule has 3 heteroatoms. The zero-order chi connectivity index (χ0) is 28.9. The molecular formula is C40H40Cl2Zr-2. The van der Waals surface area contributed by atoms with E-state index in [4.69, 9.17) is 0 Å². The summed E-state index contributed by atoms with van der Waals surface area (Å²) in [5.74, 6) is 0. The van der Waals surface area contributed by atoms with E-state index in [9.17, 15) is 0 Å². The van der Waals surface area contributed by atoms with E-state index in [1.807, 2.05) is 30.3 Å². The first-order chi connectivity index (χ1) is 19.8. The van der Waals surface area contributed by atoms with Crippen LogP contribution >= 0.6 is 0 Å². The molecule has 0 amide bonds. The molecule has 0 aromatic heterocycles. The Morgan fingerprint density at radius 2 is 1.14 bits per heavy atom. The van der Waals surface area contributed by atoms with E-state index < -0.39 is 0 Å². The fourth-order valence-corrected chi connectivity index (χ4v) is 6.42. The van der Waals surface area contributed by atoms with Crippen LogP contribution in [0.3, 0.4) is 0 Å². The zero-order valence-electron chi connectivity index (χ0n) is 25.6. The molecule has 1 saturated carbocycles. The Morgan fingerprint density at radius 3 is 1.60 bits per heavy atom. The van der Waals surface area contributed by atoms with Gasteiger partial charge >= 0.3 is 46.7 Å². The largest absolute Gasteiger partial charge is 0.214 e. The Bertz CT molecular complexity index is 1460. The fourth-order valence-electron chi connectivity index (χ4n) is 5.55. The van der Waals surface area contributed by atoms with Crippen molar-refractivity contribution in [3.8, 4) is 11.1 Å². The van der Waals surface area contributed by atoms with E-state index in [0.717, 1.165) is 6.42 Å². The molecule has 0 atom stereocenters. The summed E-state index contributed by atoms with van der Waals surface area (Å²) in [5, 5.41) is 0. The van der Waals surface area contributed by atoms with Crippen molar-refractivity contribution in [3.05, 3.63) is 161 Å². The molecule has 0 bridgehead atoms. The van der Waals surface area contributed by atoms with Crippen LogP contribution in [-0.4, -0.2) is 3.21 Å². The van der Waals surface area contributed by atoms with Gasteiger partial charge in [0.25, 0.3) is 0 Å². The molecule has 0 N–H and O–H groups in total. The van der Waals surface area contributed by atoms with Crippen LogP contribution in [0.5, 0.6) is 0 Å². The molecule has 0 heterocycles. The Balaban J connectivity index is 0.000000358. The van der Waals surface area contributed by atoms with Crippen molar-refractivity contribution in [2.75, 3.05) is 0 Å². The summed E-state index contributed by atoms with van der Waals surface area (Å²) in [6.07, 6.45) is 5.33. The number of rotatable bonds is 4. The van der Waals surface area contributed by atoms with E-state index in [-0.39, 0.29) is 35.6 Å². The molecule has 7 rings (SSSR count). The van der Waals surface area contributed by atoms with Crippen LogP contribution in [0.2, 0.25) is 0 Å². The summed E-state index contributed by atoms with van der Waals surface area (Å²) in [6, 6.07) is 46.9. The second-order valence-electron chi connectivity index (χ2n) is 12.2. The third kappa shape index (κ3) is 8.19. The number of hydrogen-bond acceptors (Lipinski definition) is 0. The topological polar surface area (TPSA) is 0 Å². The number of hydrogen-bond donors (Lipinski definition) is 0. The Labute approximate surface area is 286 Å². The van der Waals surface area contributed by atoms with Gasteiger partial charge in [0.2, 0.25) is 0 Å². The predicted molar refractivity (Wildman–Crippen MR) is 172 cm³/mol. The van der Waals surface area contributed by atoms with Crippen LogP contribution in [0.25, 0.3) is 11.1 Å². The van der Waals surface area contributed by atoms with Gasteiger partial charge in [0.05, 0.1) is 0 Å². The van der Waals surface area contributed by atoms with E-state index in [1.165, 1.54) is 63.8 Å². The Hall–Kier alpha value is -2.44. The normalized spacial score (nSPS) is 12.9. The second kappa shape index (κ2) is 15.5. The third-order valence-corrected chi connectivity index (χ3v) is 9.97. The van der Waals surface area contributed by atoms with E-state index in [1.54, 1.807) is 27.4 Å². The van der Waals surface area contributed by atoms with Crippen molar-refractivity contribution in [2.24, 2.45) is 0 Å². The molecule has 1 fully saturated rings. The second-order valence-corrected chi connectivity index (χ2v) is 14.0. The van der Waals surface area contributed by atoms with Gasteiger partial charge in [-0.2, -0.15) is 42.0 Å². The summed E-state index contributed by atoms with van der Waals surface area (Å²) in [6.45, 7) is 9.26. The summed E-state index contributed by atoms with van der Waals surface area (Å²) >= 11 is 1.67. The van der Waals surface area contributed by atoms with Crippen molar-refractivity contribution in [1.29, 1.82) is 0 Å². The average molecular weight is 683 g/mol. The van der Waals surface area contributed by atoms with Gasteiger partial charge in [0.15, 0.2) is 0 Å². The molecule has 2 aliphatic carbocycles. The molecule has 43 heavy (non-hydrogen) atoms. The predicted octanol–water partition coefficient (Wildman–Crippen LogP) is 4.01. The molecular weight excluding hydrogens is 643 g/mol. The van der Waals surface area contributed by atoms with Gasteiger partial charge in [0.1, 0.15) is 0 Å². The first kappa shape index (κ1) is 35.0. The van der Waals surface area contributed by atoms with Crippen LogP contribution in [0.1, 0.15) is 80.3 Å². The first-order valence-electron chi connectivity index (χ1n) is 14.8. The van der Waals surface area contributed by atoms with Gasteiger partial charge in [-0.05, 0) is 28.5 Å². The molecule has 220 valence electrons. The summed E-state index contributed by atoms with van der Waals surface area (Å²) in [4.78, 5) is 0. The van der Waals surface area contributed by atoms with Gasteiger partial charge in [-0.25, -0.2) is 12.1 Å². The van der Waals surface area contributed by atoms with E-state index in [2.05, 4.69) is 125 Å². The molecule has 2 aliphatic rings. The first-order valence-corrected chi connectivity index (χ1v) is 16.0. The van der Waals surface area contributed by atoms with Crippen LogP contribution < -0.4 is 24.8 Å². The standard InChI is InChI=1S/C31H29.C5H5.C4H6.2ClH.Zr/c1-30(2,24-11-7-5-8-12-24)26-17-15-22-19-23-16-18-27(21-29(23)28(22)20-26)31(3,4)25-13-9-6-10-14-25;1-2-4-5-3-1;1-2-4-3-1;;;/h5-15,17-18,20-21H,19H2,1-4H3;1-5H;1-3H2;2*1H;/q2*-1;;;;+2/p-2. The van der Waals surface area contributed by atoms with Crippen molar-refractivity contribution in [1.82, 2.24) is 0 Å². The van der Waals surface area contributed by atoms with Crippen LogP contribution in [0, 0.1) is 6.07 Å². The van der Waals surface area contributed by atoms with Crippen molar-refractivity contribution in [2.45, 2.75) is 64.2 Å². The molecule has 0 nitrogen and oxygen atoms in total. The molecule has 0 radical (unpaired) electrons. The van der Waals surface area contributed by atoms with E-state index in [0.29, 0.717) is 0 Å². The Kier molecular flexibility index (Phi) is 12.7. The van der Waals surface area contributed by atoms with E-state index >= 15 is 0 Å². The minimum absolute atomic E-state index is 0. The number of benzene rings is 4. The molecule has 0 aliphatic heterocycles. The van der Waals surface area contributed by atoms with Gasteiger partial charge in [-0.3, -0.25) is 0 Å². The smallest absolute Gasteiger partial charge is 0.172 e. The molecule has 0 saturated heterocycles. The number of halogens is 2. The summed E-state index contributed by atoms with van der Waals surface area (Å²) < 4.78 is 1.78. The van der Waals surface area contributed by atoms with Crippen molar-refractivity contribution >= 4 is 3.21 Å².